The minimum atomic E-state index is -0.0610. The van der Waals surface area contributed by atoms with E-state index in [1.54, 1.807) is 7.11 Å². The summed E-state index contributed by atoms with van der Waals surface area (Å²) in [6.07, 6.45) is 0.643. The third-order valence-corrected chi connectivity index (χ3v) is 2.92. The van der Waals surface area contributed by atoms with Crippen molar-refractivity contribution in [2.75, 3.05) is 7.11 Å². The van der Waals surface area contributed by atoms with Crippen LogP contribution in [0.4, 0.5) is 0 Å². The van der Waals surface area contributed by atoms with E-state index in [1.807, 2.05) is 54.6 Å². The Balaban J connectivity index is 2.31. The first-order valence-electron chi connectivity index (χ1n) is 6.53. The average molecular weight is 282 g/mol. The van der Waals surface area contributed by atoms with E-state index >= 15 is 0 Å². The van der Waals surface area contributed by atoms with Crippen LogP contribution in [0.2, 0.25) is 0 Å². The van der Waals surface area contributed by atoms with Gasteiger partial charge in [-0.1, -0.05) is 30.3 Å². The lowest BCUT2D eigenvalue weighted by molar-refractivity contribution is 0.415. The van der Waals surface area contributed by atoms with Gasteiger partial charge in [0, 0.05) is 6.42 Å². The van der Waals surface area contributed by atoms with Gasteiger partial charge in [-0.25, -0.2) is 0 Å². The number of benzene rings is 2. The summed E-state index contributed by atoms with van der Waals surface area (Å²) < 4.78 is 5.16. The van der Waals surface area contributed by atoms with Crippen molar-refractivity contribution in [3.63, 3.8) is 0 Å². The zero-order chi connectivity index (χ0) is 15.1. The molecule has 0 saturated heterocycles. The molecule has 4 N–H and O–H groups in total. The normalized spacial score (nSPS) is 11.0. The van der Waals surface area contributed by atoms with E-state index in [9.17, 15) is 0 Å². The molecule has 0 amide bonds. The summed E-state index contributed by atoms with van der Waals surface area (Å²) in [7, 11) is 1.63. The Bertz CT molecular complexity index is 629. The van der Waals surface area contributed by atoms with Crippen molar-refractivity contribution in [3.05, 3.63) is 65.7 Å². The Morgan fingerprint density at radius 3 is 2.19 bits per heavy atom. The fourth-order valence-electron chi connectivity index (χ4n) is 1.89. The molecule has 0 atom stereocenters. The lowest BCUT2D eigenvalue weighted by Gasteiger charge is -2.07. The SMILES string of the molecule is COc1ccc(/C(Cc2ccccc2)=N/N=C(N)N)cc1. The van der Waals surface area contributed by atoms with Gasteiger partial charge in [0.25, 0.3) is 0 Å². The molecule has 108 valence electrons. The van der Waals surface area contributed by atoms with Gasteiger partial charge in [0.05, 0.1) is 12.8 Å². The Morgan fingerprint density at radius 1 is 0.952 bits per heavy atom. The molecule has 2 aromatic rings. The monoisotopic (exact) mass is 282 g/mol. The van der Waals surface area contributed by atoms with Gasteiger partial charge in [-0.3, -0.25) is 0 Å². The van der Waals surface area contributed by atoms with Gasteiger partial charge in [-0.15, -0.1) is 5.10 Å². The highest BCUT2D eigenvalue weighted by Gasteiger charge is 2.06. The number of nitrogens with two attached hydrogens (primary N) is 2. The van der Waals surface area contributed by atoms with E-state index in [1.165, 1.54) is 0 Å². The summed E-state index contributed by atoms with van der Waals surface area (Å²) in [5, 5.41) is 7.93. The number of nitrogens with zero attached hydrogens (tertiary/aromatic N) is 2. The van der Waals surface area contributed by atoms with Gasteiger partial charge in [-0.05, 0) is 35.4 Å². The van der Waals surface area contributed by atoms with Gasteiger partial charge in [0.2, 0.25) is 5.96 Å². The zero-order valence-electron chi connectivity index (χ0n) is 11.9. The zero-order valence-corrected chi connectivity index (χ0v) is 11.9. The maximum absolute atomic E-state index is 5.36. The van der Waals surface area contributed by atoms with E-state index in [4.69, 9.17) is 16.2 Å². The van der Waals surface area contributed by atoms with E-state index in [2.05, 4.69) is 10.2 Å². The van der Waals surface area contributed by atoms with Crippen LogP contribution in [0.3, 0.4) is 0 Å². The van der Waals surface area contributed by atoms with E-state index < -0.39 is 0 Å². The van der Waals surface area contributed by atoms with Crippen molar-refractivity contribution < 1.29 is 4.74 Å². The molecule has 0 aromatic heterocycles. The summed E-state index contributed by atoms with van der Waals surface area (Å²) in [5.41, 5.74) is 13.6. The second-order valence-corrected chi connectivity index (χ2v) is 4.46. The van der Waals surface area contributed by atoms with Gasteiger partial charge in [0.1, 0.15) is 5.75 Å². The number of hydrogen-bond acceptors (Lipinski definition) is 3. The second kappa shape index (κ2) is 7.09. The predicted molar refractivity (Wildman–Crippen MR) is 85.5 cm³/mol. The van der Waals surface area contributed by atoms with Crippen molar-refractivity contribution in [2.45, 2.75) is 6.42 Å². The Morgan fingerprint density at radius 2 is 1.62 bits per heavy atom. The van der Waals surface area contributed by atoms with E-state index in [0.717, 1.165) is 22.6 Å². The number of guanidine groups is 1. The third kappa shape index (κ3) is 4.35. The summed E-state index contributed by atoms with van der Waals surface area (Å²) in [4.78, 5) is 0. The third-order valence-electron chi connectivity index (χ3n) is 2.92. The van der Waals surface area contributed by atoms with Crippen LogP contribution >= 0.6 is 0 Å². The van der Waals surface area contributed by atoms with Crippen molar-refractivity contribution in [2.24, 2.45) is 21.7 Å². The summed E-state index contributed by atoms with van der Waals surface area (Å²) in [6.45, 7) is 0. The van der Waals surface area contributed by atoms with Crippen LogP contribution in [0, 0.1) is 0 Å². The van der Waals surface area contributed by atoms with Crippen LogP contribution in [-0.2, 0) is 6.42 Å². The molecule has 2 rings (SSSR count). The Hall–Kier alpha value is -2.82. The standard InChI is InChI=1S/C16H18N4O/c1-21-14-9-7-13(8-10-14)15(19-20-16(17)18)11-12-5-3-2-4-6-12/h2-10H,11H2,1H3,(H4,17,18,20)/b19-15+. The molecule has 0 aliphatic carbocycles. The van der Waals surface area contributed by atoms with Crippen LogP contribution in [0.1, 0.15) is 11.1 Å². The topological polar surface area (TPSA) is 86.0 Å². The highest BCUT2D eigenvalue weighted by atomic mass is 16.5. The van der Waals surface area contributed by atoms with Crippen molar-refractivity contribution in [1.29, 1.82) is 0 Å². The summed E-state index contributed by atoms with van der Waals surface area (Å²) in [5.74, 6) is 0.730. The quantitative estimate of drug-likeness (QED) is 0.499. The average Bonchev–Trinajstić information content (AvgIpc) is 2.52. The molecular formula is C16H18N4O. The molecule has 0 unspecified atom stereocenters. The highest BCUT2D eigenvalue weighted by Crippen LogP contribution is 2.14. The molecule has 0 heterocycles. The molecule has 0 fully saturated rings. The van der Waals surface area contributed by atoms with E-state index in [0.29, 0.717) is 6.42 Å². The molecule has 0 aliphatic rings. The molecule has 5 nitrogen and oxygen atoms in total. The number of hydrogen-bond donors (Lipinski definition) is 2. The molecule has 2 aromatic carbocycles. The van der Waals surface area contributed by atoms with Crippen molar-refractivity contribution >= 4 is 11.7 Å². The number of methoxy groups -OCH3 is 1. The molecule has 0 saturated carbocycles. The first kappa shape index (κ1) is 14.6. The molecular weight excluding hydrogens is 264 g/mol. The minimum absolute atomic E-state index is 0.0610. The van der Waals surface area contributed by atoms with Crippen LogP contribution in [0.5, 0.6) is 5.75 Å². The van der Waals surface area contributed by atoms with Crippen LogP contribution in [-0.4, -0.2) is 18.8 Å². The highest BCUT2D eigenvalue weighted by molar-refractivity contribution is 6.02. The van der Waals surface area contributed by atoms with Crippen LogP contribution < -0.4 is 16.2 Å². The Labute approximate surface area is 124 Å². The maximum atomic E-state index is 5.36. The first-order chi connectivity index (χ1) is 10.2. The first-order valence-corrected chi connectivity index (χ1v) is 6.53. The largest absolute Gasteiger partial charge is 0.497 e. The molecule has 0 bridgehead atoms. The smallest absolute Gasteiger partial charge is 0.211 e. The van der Waals surface area contributed by atoms with Crippen molar-refractivity contribution in [1.82, 2.24) is 0 Å². The van der Waals surface area contributed by atoms with Crippen molar-refractivity contribution in [3.8, 4) is 5.75 Å². The van der Waals surface area contributed by atoms with E-state index in [-0.39, 0.29) is 5.96 Å². The molecule has 5 heteroatoms. The number of ether oxygens (including phenoxy) is 1. The molecule has 21 heavy (non-hydrogen) atoms. The Kier molecular flexibility index (Phi) is 4.93. The lowest BCUT2D eigenvalue weighted by atomic mass is 10.0. The van der Waals surface area contributed by atoms with Gasteiger partial charge >= 0.3 is 0 Å². The fourth-order valence-corrected chi connectivity index (χ4v) is 1.89. The molecule has 0 spiro atoms. The number of rotatable bonds is 5. The predicted octanol–water partition coefficient (Wildman–Crippen LogP) is 1.92. The van der Waals surface area contributed by atoms with Gasteiger partial charge in [0.15, 0.2) is 0 Å². The maximum Gasteiger partial charge on any atom is 0.211 e. The second-order valence-electron chi connectivity index (χ2n) is 4.46. The summed E-state index contributed by atoms with van der Waals surface area (Å²) in [6, 6.07) is 17.7. The van der Waals surface area contributed by atoms with Crippen LogP contribution in [0.15, 0.2) is 64.8 Å². The summed E-state index contributed by atoms with van der Waals surface area (Å²) >= 11 is 0. The minimum Gasteiger partial charge on any atom is -0.497 e. The van der Waals surface area contributed by atoms with Gasteiger partial charge < -0.3 is 16.2 Å². The molecule has 0 aliphatic heterocycles. The fraction of sp³-hybridized carbons (Fsp3) is 0.125. The lowest BCUT2D eigenvalue weighted by Crippen LogP contribution is -2.22. The van der Waals surface area contributed by atoms with Gasteiger partial charge in [-0.2, -0.15) is 5.10 Å². The molecule has 0 radical (unpaired) electrons. The van der Waals surface area contributed by atoms with Crippen LogP contribution in [0.25, 0.3) is 0 Å².